The molecule has 0 radical (unpaired) electrons. The number of rotatable bonds is 6. The lowest BCUT2D eigenvalue weighted by atomic mass is 9.95. The van der Waals surface area contributed by atoms with E-state index in [2.05, 4.69) is 33.9 Å². The summed E-state index contributed by atoms with van der Waals surface area (Å²) in [5.74, 6) is -0.650. The maximum absolute atomic E-state index is 13.8. The number of amides is 1. The molecule has 3 rings (SSSR count). The van der Waals surface area contributed by atoms with E-state index >= 15 is 0 Å². The summed E-state index contributed by atoms with van der Waals surface area (Å²) in [7, 11) is -2.01. The summed E-state index contributed by atoms with van der Waals surface area (Å²) in [6, 6.07) is 14.5. The van der Waals surface area contributed by atoms with Gasteiger partial charge in [-0.1, -0.05) is 68.8 Å². The number of halogens is 2. The molecule has 0 bridgehead atoms. The van der Waals surface area contributed by atoms with Crippen LogP contribution in [-0.2, 0) is 20.5 Å². The molecule has 7 heteroatoms. The summed E-state index contributed by atoms with van der Waals surface area (Å²) in [6.45, 7) is 12.4. The largest absolute Gasteiger partial charge is 0.416 e. The Hall–Kier alpha value is -1.73. The minimum atomic E-state index is -2.01. The highest BCUT2D eigenvalue weighted by atomic mass is 35.5. The number of benzene rings is 2. The SMILES string of the molecule is CC(C)(C)[Si](C)(C)OCC1CN(Cc2ccccc2)C(=O)COC1c1ccc(F)c(Cl)c1. The first-order valence-corrected chi connectivity index (χ1v) is 14.3. The molecule has 0 aliphatic carbocycles. The van der Waals surface area contributed by atoms with Crippen LogP contribution in [0, 0.1) is 11.7 Å². The highest BCUT2D eigenvalue weighted by molar-refractivity contribution is 6.74. The normalized spacial score (nSPS) is 20.3. The van der Waals surface area contributed by atoms with Crippen molar-refractivity contribution in [1.29, 1.82) is 0 Å². The Morgan fingerprint density at radius 3 is 2.50 bits per heavy atom. The van der Waals surface area contributed by atoms with E-state index in [1.165, 1.54) is 6.07 Å². The summed E-state index contributed by atoms with van der Waals surface area (Å²) in [6.07, 6.45) is -0.414. The molecule has 1 saturated heterocycles. The molecule has 0 N–H and O–H groups in total. The van der Waals surface area contributed by atoms with Gasteiger partial charge in [0, 0.05) is 25.6 Å². The van der Waals surface area contributed by atoms with E-state index in [-0.39, 0.29) is 28.5 Å². The van der Waals surface area contributed by atoms with Gasteiger partial charge < -0.3 is 14.1 Å². The summed E-state index contributed by atoms with van der Waals surface area (Å²) in [5.41, 5.74) is 1.82. The summed E-state index contributed by atoms with van der Waals surface area (Å²) in [4.78, 5) is 14.7. The summed E-state index contributed by atoms with van der Waals surface area (Å²) < 4.78 is 26.4. The molecule has 0 aromatic heterocycles. The third-order valence-electron chi connectivity index (χ3n) is 6.58. The Labute approximate surface area is 196 Å². The van der Waals surface area contributed by atoms with Crippen LogP contribution in [0.4, 0.5) is 4.39 Å². The van der Waals surface area contributed by atoms with Crippen LogP contribution in [0.15, 0.2) is 48.5 Å². The summed E-state index contributed by atoms with van der Waals surface area (Å²) >= 11 is 6.06. The average molecular weight is 478 g/mol. The molecule has 2 aromatic carbocycles. The predicted octanol–water partition coefficient (Wildman–Crippen LogP) is 6.22. The number of hydrogen-bond acceptors (Lipinski definition) is 3. The Morgan fingerprint density at radius 1 is 1.19 bits per heavy atom. The Morgan fingerprint density at radius 2 is 1.88 bits per heavy atom. The molecule has 174 valence electrons. The predicted molar refractivity (Wildman–Crippen MR) is 129 cm³/mol. The van der Waals surface area contributed by atoms with Crippen LogP contribution in [0.3, 0.4) is 0 Å². The zero-order chi connectivity index (χ0) is 23.5. The van der Waals surface area contributed by atoms with E-state index in [1.807, 2.05) is 35.2 Å². The molecule has 1 amide bonds. The number of carbonyl (C=O) groups excluding carboxylic acids is 1. The van der Waals surface area contributed by atoms with Gasteiger partial charge in [-0.15, -0.1) is 0 Å². The van der Waals surface area contributed by atoms with Crippen LogP contribution in [0.25, 0.3) is 0 Å². The van der Waals surface area contributed by atoms with Crippen molar-refractivity contribution in [3.05, 3.63) is 70.5 Å². The molecular formula is C25H33ClFNO3Si. The van der Waals surface area contributed by atoms with Crippen LogP contribution in [-0.4, -0.2) is 38.9 Å². The molecule has 1 fully saturated rings. The van der Waals surface area contributed by atoms with E-state index in [0.29, 0.717) is 19.7 Å². The van der Waals surface area contributed by atoms with Crippen molar-refractivity contribution in [3.8, 4) is 0 Å². The van der Waals surface area contributed by atoms with Gasteiger partial charge in [-0.3, -0.25) is 4.79 Å². The second-order valence-corrected chi connectivity index (χ2v) is 15.2. The van der Waals surface area contributed by atoms with Gasteiger partial charge in [0.25, 0.3) is 0 Å². The van der Waals surface area contributed by atoms with E-state index in [4.69, 9.17) is 20.8 Å². The zero-order valence-corrected chi connectivity index (χ0v) is 21.3. The second-order valence-electron chi connectivity index (χ2n) is 10.00. The van der Waals surface area contributed by atoms with Crippen molar-refractivity contribution in [2.75, 3.05) is 19.8 Å². The molecule has 2 aromatic rings. The van der Waals surface area contributed by atoms with E-state index in [9.17, 15) is 9.18 Å². The van der Waals surface area contributed by atoms with Gasteiger partial charge in [0.15, 0.2) is 8.32 Å². The number of nitrogens with zero attached hydrogens (tertiary/aromatic N) is 1. The fraction of sp³-hybridized carbons (Fsp3) is 0.480. The quantitative estimate of drug-likeness (QED) is 0.464. The Kier molecular flexibility index (Phi) is 7.81. The topological polar surface area (TPSA) is 38.8 Å². The smallest absolute Gasteiger partial charge is 0.248 e. The van der Waals surface area contributed by atoms with Crippen LogP contribution in [0.2, 0.25) is 23.2 Å². The molecule has 4 nitrogen and oxygen atoms in total. The lowest BCUT2D eigenvalue weighted by molar-refractivity contribution is -0.135. The van der Waals surface area contributed by atoms with Gasteiger partial charge in [0.05, 0.1) is 11.1 Å². The first-order valence-electron chi connectivity index (χ1n) is 11.0. The first-order chi connectivity index (χ1) is 15.0. The Balaban J connectivity index is 1.88. The van der Waals surface area contributed by atoms with Crippen molar-refractivity contribution < 1.29 is 18.3 Å². The third kappa shape index (κ3) is 5.98. The minimum Gasteiger partial charge on any atom is -0.416 e. The molecule has 2 unspecified atom stereocenters. The summed E-state index contributed by atoms with van der Waals surface area (Å²) in [5, 5.41) is 0.110. The standard InChI is InChI=1S/C25H33ClFNO3Si/c1-25(2,3)32(4,5)31-16-20-15-28(14-18-9-7-6-8-10-18)23(29)17-30-24(20)19-11-12-22(27)21(26)13-19/h6-13,20,24H,14-17H2,1-5H3. The van der Waals surface area contributed by atoms with Gasteiger partial charge >= 0.3 is 0 Å². The van der Waals surface area contributed by atoms with Crippen LogP contribution in [0.5, 0.6) is 0 Å². The third-order valence-corrected chi connectivity index (χ3v) is 11.4. The van der Waals surface area contributed by atoms with Gasteiger partial charge in [-0.05, 0) is 41.4 Å². The Bertz CT molecular complexity index is 933. The van der Waals surface area contributed by atoms with Gasteiger partial charge in [0.1, 0.15) is 12.4 Å². The molecule has 1 aliphatic rings. The fourth-order valence-corrected chi connectivity index (χ4v) is 4.81. The number of carbonyl (C=O) groups is 1. The zero-order valence-electron chi connectivity index (χ0n) is 19.5. The lowest BCUT2D eigenvalue weighted by Gasteiger charge is -2.38. The second kappa shape index (κ2) is 10.0. The molecular weight excluding hydrogens is 445 g/mol. The van der Waals surface area contributed by atoms with Gasteiger partial charge in [-0.2, -0.15) is 0 Å². The molecule has 1 aliphatic heterocycles. The van der Waals surface area contributed by atoms with Gasteiger partial charge in [-0.25, -0.2) is 4.39 Å². The minimum absolute atomic E-state index is 0.0386. The molecule has 32 heavy (non-hydrogen) atoms. The number of hydrogen-bond donors (Lipinski definition) is 0. The molecule has 0 saturated carbocycles. The fourth-order valence-electron chi connectivity index (χ4n) is 3.56. The molecule has 1 heterocycles. The number of ether oxygens (including phenoxy) is 1. The van der Waals surface area contributed by atoms with Crippen molar-refractivity contribution in [2.45, 2.75) is 51.6 Å². The average Bonchev–Trinajstić information content (AvgIpc) is 2.88. The maximum atomic E-state index is 13.8. The highest BCUT2D eigenvalue weighted by Crippen LogP contribution is 2.39. The van der Waals surface area contributed by atoms with E-state index in [0.717, 1.165) is 11.1 Å². The first kappa shape index (κ1) is 24.9. The van der Waals surface area contributed by atoms with E-state index in [1.54, 1.807) is 12.1 Å². The molecule has 0 spiro atoms. The van der Waals surface area contributed by atoms with Crippen LogP contribution in [0.1, 0.15) is 38.0 Å². The van der Waals surface area contributed by atoms with E-state index < -0.39 is 20.2 Å². The monoisotopic (exact) mass is 477 g/mol. The maximum Gasteiger partial charge on any atom is 0.248 e. The van der Waals surface area contributed by atoms with Crippen LogP contribution >= 0.6 is 11.6 Å². The highest BCUT2D eigenvalue weighted by Gasteiger charge is 2.40. The lowest BCUT2D eigenvalue weighted by Crippen LogP contribution is -2.44. The van der Waals surface area contributed by atoms with Crippen LogP contribution < -0.4 is 0 Å². The van der Waals surface area contributed by atoms with Crippen molar-refractivity contribution in [1.82, 2.24) is 4.90 Å². The van der Waals surface area contributed by atoms with Crippen molar-refractivity contribution >= 4 is 25.8 Å². The van der Waals surface area contributed by atoms with Gasteiger partial charge in [0.2, 0.25) is 5.91 Å². The van der Waals surface area contributed by atoms with Crippen molar-refractivity contribution in [2.24, 2.45) is 5.92 Å². The molecule has 2 atom stereocenters. The van der Waals surface area contributed by atoms with Crippen molar-refractivity contribution in [3.63, 3.8) is 0 Å².